The molecule has 2 atom stereocenters. The molecule has 0 heterocycles. The molecule has 120 valence electrons. The zero-order valence-electron chi connectivity index (χ0n) is 14.5. The van der Waals surface area contributed by atoms with E-state index >= 15 is 0 Å². The summed E-state index contributed by atoms with van der Waals surface area (Å²) in [7, 11) is 0. The summed E-state index contributed by atoms with van der Waals surface area (Å²) in [6.45, 7) is 14.0. The molecule has 1 N–H and O–H groups in total. The monoisotopic (exact) mass is 291 g/mol. The maximum Gasteiger partial charge on any atom is 0.0720 e. The minimum absolute atomic E-state index is 0.335. The van der Waals surface area contributed by atoms with Crippen LogP contribution >= 0.6 is 0 Å². The van der Waals surface area contributed by atoms with Crippen LogP contribution in [-0.2, 0) is 11.3 Å². The molecule has 0 aliphatic heterocycles. The van der Waals surface area contributed by atoms with E-state index in [1.54, 1.807) is 0 Å². The van der Waals surface area contributed by atoms with E-state index < -0.39 is 0 Å². The van der Waals surface area contributed by atoms with E-state index in [-0.39, 0.29) is 0 Å². The average molecular weight is 291 g/mol. The van der Waals surface area contributed by atoms with Gasteiger partial charge in [-0.05, 0) is 49.3 Å². The summed E-state index contributed by atoms with van der Waals surface area (Å²) < 4.78 is 5.91. The van der Waals surface area contributed by atoms with Gasteiger partial charge in [0.05, 0.1) is 12.7 Å². The molecule has 0 aromatic heterocycles. The normalized spacial score (nSPS) is 14.4. The Labute approximate surface area is 131 Å². The molecule has 1 aromatic rings. The van der Waals surface area contributed by atoms with Gasteiger partial charge in [-0.15, -0.1) is 0 Å². The second-order valence-corrected chi connectivity index (χ2v) is 6.60. The summed E-state index contributed by atoms with van der Waals surface area (Å²) in [6, 6.07) is 8.88. The highest BCUT2D eigenvalue weighted by Gasteiger charge is 2.07. The van der Waals surface area contributed by atoms with Crippen molar-refractivity contribution in [1.82, 2.24) is 5.32 Å². The SMILES string of the molecule is CCCNCC(C)c1ccc(COC(C)CC(C)C)cc1. The van der Waals surface area contributed by atoms with E-state index in [0.717, 1.165) is 26.1 Å². The second-order valence-electron chi connectivity index (χ2n) is 6.60. The Morgan fingerprint density at radius 3 is 2.29 bits per heavy atom. The molecule has 0 radical (unpaired) electrons. The summed E-state index contributed by atoms with van der Waals surface area (Å²) in [5.74, 6) is 1.25. The van der Waals surface area contributed by atoms with Crippen molar-refractivity contribution in [3.05, 3.63) is 35.4 Å². The Kier molecular flexibility index (Phi) is 8.63. The number of hydrogen-bond donors (Lipinski definition) is 1. The quantitative estimate of drug-likeness (QED) is 0.629. The second kappa shape index (κ2) is 9.97. The first-order chi connectivity index (χ1) is 10.0. The summed E-state index contributed by atoms with van der Waals surface area (Å²) in [5, 5.41) is 3.48. The van der Waals surface area contributed by atoms with Crippen LogP contribution < -0.4 is 5.32 Å². The molecule has 0 amide bonds. The van der Waals surface area contributed by atoms with Gasteiger partial charge in [0.1, 0.15) is 0 Å². The number of rotatable bonds is 10. The highest BCUT2D eigenvalue weighted by Crippen LogP contribution is 2.16. The lowest BCUT2D eigenvalue weighted by Gasteiger charge is -2.16. The van der Waals surface area contributed by atoms with E-state index in [2.05, 4.69) is 64.2 Å². The number of nitrogens with one attached hydrogen (secondary N) is 1. The van der Waals surface area contributed by atoms with Gasteiger partial charge in [0.2, 0.25) is 0 Å². The topological polar surface area (TPSA) is 21.3 Å². The van der Waals surface area contributed by atoms with E-state index in [9.17, 15) is 0 Å². The molecule has 0 saturated carbocycles. The molecule has 0 saturated heterocycles. The summed E-state index contributed by atoms with van der Waals surface area (Å²) >= 11 is 0. The molecular formula is C19H33NO. The van der Waals surface area contributed by atoms with Gasteiger partial charge in [-0.3, -0.25) is 0 Å². The van der Waals surface area contributed by atoms with Gasteiger partial charge >= 0.3 is 0 Å². The van der Waals surface area contributed by atoms with Crippen LogP contribution in [0.5, 0.6) is 0 Å². The van der Waals surface area contributed by atoms with Crippen molar-refractivity contribution in [3.8, 4) is 0 Å². The van der Waals surface area contributed by atoms with Crippen molar-refractivity contribution in [2.24, 2.45) is 5.92 Å². The van der Waals surface area contributed by atoms with Crippen LogP contribution in [0.15, 0.2) is 24.3 Å². The third-order valence-corrected chi connectivity index (χ3v) is 3.76. The molecule has 1 aromatic carbocycles. The van der Waals surface area contributed by atoms with Gasteiger partial charge in [-0.25, -0.2) is 0 Å². The van der Waals surface area contributed by atoms with Crippen LogP contribution in [0.1, 0.15) is 64.5 Å². The third-order valence-electron chi connectivity index (χ3n) is 3.76. The number of benzene rings is 1. The predicted octanol–water partition coefficient (Wildman–Crippen LogP) is 4.74. The van der Waals surface area contributed by atoms with Crippen molar-refractivity contribution in [3.63, 3.8) is 0 Å². The Morgan fingerprint density at radius 2 is 1.71 bits per heavy atom. The fraction of sp³-hybridized carbons (Fsp3) is 0.684. The zero-order valence-corrected chi connectivity index (χ0v) is 14.5. The number of hydrogen-bond acceptors (Lipinski definition) is 2. The third kappa shape index (κ3) is 7.63. The number of ether oxygens (including phenoxy) is 1. The first-order valence-electron chi connectivity index (χ1n) is 8.44. The minimum Gasteiger partial charge on any atom is -0.374 e. The lowest BCUT2D eigenvalue weighted by Crippen LogP contribution is -2.20. The molecule has 0 bridgehead atoms. The van der Waals surface area contributed by atoms with Crippen molar-refractivity contribution in [2.45, 2.75) is 66.1 Å². The highest BCUT2D eigenvalue weighted by molar-refractivity contribution is 5.24. The van der Waals surface area contributed by atoms with Crippen molar-refractivity contribution in [2.75, 3.05) is 13.1 Å². The average Bonchev–Trinajstić information content (AvgIpc) is 2.45. The Bertz CT molecular complexity index is 372. The fourth-order valence-corrected chi connectivity index (χ4v) is 2.53. The summed E-state index contributed by atoms with van der Waals surface area (Å²) in [6.07, 6.45) is 2.65. The first-order valence-corrected chi connectivity index (χ1v) is 8.44. The van der Waals surface area contributed by atoms with E-state index in [1.807, 2.05) is 0 Å². The molecular weight excluding hydrogens is 258 g/mol. The van der Waals surface area contributed by atoms with Crippen molar-refractivity contribution < 1.29 is 4.74 Å². The van der Waals surface area contributed by atoms with Gasteiger partial charge < -0.3 is 10.1 Å². The molecule has 0 aliphatic carbocycles. The molecule has 1 rings (SSSR count). The lowest BCUT2D eigenvalue weighted by molar-refractivity contribution is 0.0397. The predicted molar refractivity (Wildman–Crippen MR) is 91.7 cm³/mol. The molecule has 2 heteroatoms. The Morgan fingerprint density at radius 1 is 1.05 bits per heavy atom. The molecule has 0 aliphatic rings. The standard InChI is InChI=1S/C19H33NO/c1-6-11-20-13-16(4)19-9-7-18(8-10-19)14-21-17(5)12-15(2)3/h7-10,15-17,20H,6,11-14H2,1-5H3. The summed E-state index contributed by atoms with van der Waals surface area (Å²) in [4.78, 5) is 0. The van der Waals surface area contributed by atoms with Gasteiger partial charge in [0, 0.05) is 6.54 Å². The van der Waals surface area contributed by atoms with Crippen LogP contribution in [0.3, 0.4) is 0 Å². The van der Waals surface area contributed by atoms with Crippen LogP contribution in [-0.4, -0.2) is 19.2 Å². The molecule has 2 nitrogen and oxygen atoms in total. The Balaban J connectivity index is 2.39. The summed E-state index contributed by atoms with van der Waals surface area (Å²) in [5.41, 5.74) is 2.67. The van der Waals surface area contributed by atoms with Gasteiger partial charge in [0.25, 0.3) is 0 Å². The minimum atomic E-state index is 0.335. The molecule has 0 fully saturated rings. The van der Waals surface area contributed by atoms with Gasteiger partial charge in [0.15, 0.2) is 0 Å². The molecule has 2 unspecified atom stereocenters. The molecule has 0 spiro atoms. The van der Waals surface area contributed by atoms with E-state index in [4.69, 9.17) is 4.74 Å². The van der Waals surface area contributed by atoms with Crippen LogP contribution in [0.2, 0.25) is 0 Å². The largest absolute Gasteiger partial charge is 0.374 e. The Hall–Kier alpha value is -0.860. The first kappa shape index (κ1) is 18.2. The van der Waals surface area contributed by atoms with Crippen LogP contribution in [0.25, 0.3) is 0 Å². The molecule has 21 heavy (non-hydrogen) atoms. The van der Waals surface area contributed by atoms with E-state index in [0.29, 0.717) is 17.9 Å². The highest BCUT2D eigenvalue weighted by atomic mass is 16.5. The van der Waals surface area contributed by atoms with Crippen molar-refractivity contribution in [1.29, 1.82) is 0 Å². The van der Waals surface area contributed by atoms with Gasteiger partial charge in [-0.1, -0.05) is 52.0 Å². The van der Waals surface area contributed by atoms with Gasteiger partial charge in [-0.2, -0.15) is 0 Å². The van der Waals surface area contributed by atoms with Crippen LogP contribution in [0, 0.1) is 5.92 Å². The zero-order chi connectivity index (χ0) is 15.7. The van der Waals surface area contributed by atoms with Crippen LogP contribution in [0.4, 0.5) is 0 Å². The fourth-order valence-electron chi connectivity index (χ4n) is 2.53. The van der Waals surface area contributed by atoms with E-state index in [1.165, 1.54) is 17.5 Å². The van der Waals surface area contributed by atoms with Crippen molar-refractivity contribution >= 4 is 0 Å². The smallest absolute Gasteiger partial charge is 0.0720 e. The maximum atomic E-state index is 5.91. The maximum absolute atomic E-state index is 5.91. The lowest BCUT2D eigenvalue weighted by atomic mass is 10.00.